The van der Waals surface area contributed by atoms with Gasteiger partial charge in [0.15, 0.2) is 0 Å². The molecule has 0 aromatic heterocycles. The van der Waals surface area contributed by atoms with Gasteiger partial charge in [0.2, 0.25) is 5.91 Å². The highest BCUT2D eigenvalue weighted by atomic mass is 16.1. The number of hydrogen-bond acceptors (Lipinski definition) is 1. The minimum atomic E-state index is 0.0648. The topological polar surface area (TPSA) is 29.1 Å². The van der Waals surface area contributed by atoms with Gasteiger partial charge in [-0.05, 0) is 5.41 Å². The van der Waals surface area contributed by atoms with Crippen molar-refractivity contribution >= 4 is 5.91 Å². The second kappa shape index (κ2) is 1.47. The molecule has 0 bridgehead atoms. The lowest BCUT2D eigenvalue weighted by atomic mass is 9.93. The highest BCUT2D eigenvalue weighted by Crippen LogP contribution is 2.21. The fourth-order valence-electron chi connectivity index (χ4n) is 0.772. The van der Waals surface area contributed by atoms with Crippen molar-refractivity contribution in [2.24, 2.45) is 5.41 Å². The first-order chi connectivity index (χ1) is 3.60. The average molecular weight is 112 g/mol. The first-order valence-electron chi connectivity index (χ1n) is 2.74. The summed E-state index contributed by atoms with van der Waals surface area (Å²) < 4.78 is 0. The van der Waals surface area contributed by atoms with Crippen LogP contribution >= 0.6 is 0 Å². The zero-order valence-corrected chi connectivity index (χ0v) is 5.19. The summed E-state index contributed by atoms with van der Waals surface area (Å²) in [4.78, 5) is 10.5. The average Bonchev–Trinajstić information content (AvgIpc) is 1.82. The number of carbonyl (C=O) groups excluding carboxylic acids is 1. The molecule has 1 N–H and O–H groups in total. The molecule has 0 saturated carbocycles. The van der Waals surface area contributed by atoms with Crippen LogP contribution in [0.2, 0.25) is 0 Å². The van der Waals surface area contributed by atoms with Gasteiger partial charge in [0.25, 0.3) is 0 Å². The highest BCUT2D eigenvalue weighted by Gasteiger charge is 2.28. The van der Waals surface area contributed by atoms with Crippen LogP contribution in [0.1, 0.15) is 13.8 Å². The Hall–Kier alpha value is -0.530. The van der Waals surface area contributed by atoms with Crippen LogP contribution in [0.25, 0.3) is 0 Å². The zero-order valence-electron chi connectivity index (χ0n) is 5.19. The predicted octanol–water partition coefficient (Wildman–Crippen LogP) is 0.347. The summed E-state index contributed by atoms with van der Waals surface area (Å²) >= 11 is 0. The van der Waals surface area contributed by atoms with Gasteiger partial charge in [-0.3, -0.25) is 4.79 Å². The van der Waals surface area contributed by atoms with Crippen molar-refractivity contribution in [2.45, 2.75) is 13.8 Å². The van der Waals surface area contributed by atoms with Gasteiger partial charge < -0.3 is 5.32 Å². The Morgan fingerprint density at radius 1 is 1.75 bits per heavy atom. The summed E-state index contributed by atoms with van der Waals surface area (Å²) in [6.07, 6.45) is 1.72. The van der Waals surface area contributed by atoms with Gasteiger partial charge in [-0.15, -0.1) is 0 Å². The predicted molar refractivity (Wildman–Crippen MR) is 31.1 cm³/mol. The molecule has 1 radical (unpaired) electrons. The molecule has 1 fully saturated rings. The van der Waals surface area contributed by atoms with E-state index in [1.54, 1.807) is 6.42 Å². The molecule has 45 valence electrons. The van der Waals surface area contributed by atoms with E-state index in [0.29, 0.717) is 0 Å². The highest BCUT2D eigenvalue weighted by molar-refractivity contribution is 5.88. The van der Waals surface area contributed by atoms with Crippen molar-refractivity contribution in [2.75, 3.05) is 6.54 Å². The smallest absolute Gasteiger partial charge is 0.224 e. The lowest BCUT2D eigenvalue weighted by molar-refractivity contribution is -0.116. The standard InChI is InChI=1S/C6H10NO/c1-6(2)3-5(8)7-4-6/h3H,4H2,1-2H3,(H,7,8). The molecule has 0 unspecified atom stereocenters. The molecule has 1 amide bonds. The lowest BCUT2D eigenvalue weighted by Gasteiger charge is -2.10. The zero-order chi connectivity index (χ0) is 6.20. The van der Waals surface area contributed by atoms with Crippen LogP contribution in [0.4, 0.5) is 0 Å². The molecule has 1 saturated heterocycles. The van der Waals surface area contributed by atoms with E-state index < -0.39 is 0 Å². The van der Waals surface area contributed by atoms with Crippen molar-refractivity contribution in [1.29, 1.82) is 0 Å². The van der Waals surface area contributed by atoms with Gasteiger partial charge in [-0.25, -0.2) is 0 Å². The van der Waals surface area contributed by atoms with Gasteiger partial charge in [-0.1, -0.05) is 13.8 Å². The van der Waals surface area contributed by atoms with Crippen molar-refractivity contribution in [3.63, 3.8) is 0 Å². The number of carbonyl (C=O) groups is 1. The molecule has 2 heteroatoms. The Morgan fingerprint density at radius 3 is 2.50 bits per heavy atom. The van der Waals surface area contributed by atoms with Crippen molar-refractivity contribution in [3.8, 4) is 0 Å². The number of amides is 1. The van der Waals surface area contributed by atoms with Gasteiger partial charge in [-0.2, -0.15) is 0 Å². The SMILES string of the molecule is CC1(C)[CH]C(=O)NC1. The first-order valence-corrected chi connectivity index (χ1v) is 2.74. The summed E-state index contributed by atoms with van der Waals surface area (Å²) in [7, 11) is 0. The van der Waals surface area contributed by atoms with E-state index in [9.17, 15) is 4.79 Å². The van der Waals surface area contributed by atoms with E-state index >= 15 is 0 Å². The van der Waals surface area contributed by atoms with E-state index in [2.05, 4.69) is 5.32 Å². The van der Waals surface area contributed by atoms with Crippen molar-refractivity contribution < 1.29 is 4.79 Å². The number of rotatable bonds is 0. The van der Waals surface area contributed by atoms with Gasteiger partial charge >= 0.3 is 0 Å². The van der Waals surface area contributed by atoms with Crippen LogP contribution in [0.15, 0.2) is 0 Å². The molecule has 0 aromatic rings. The molecular formula is C6H10NO. The van der Waals surface area contributed by atoms with Crippen LogP contribution in [0.5, 0.6) is 0 Å². The van der Waals surface area contributed by atoms with E-state index in [1.165, 1.54) is 0 Å². The molecule has 1 aliphatic rings. The Morgan fingerprint density at radius 2 is 2.38 bits per heavy atom. The summed E-state index contributed by atoms with van der Waals surface area (Å²) in [5.41, 5.74) is 0.0804. The van der Waals surface area contributed by atoms with Gasteiger partial charge in [0.05, 0.1) is 6.42 Å². The molecular weight excluding hydrogens is 102 g/mol. The molecule has 0 aliphatic carbocycles. The Labute approximate surface area is 49.3 Å². The third-order valence-corrected chi connectivity index (χ3v) is 1.24. The molecule has 1 heterocycles. The Bertz CT molecular complexity index is 118. The molecule has 0 spiro atoms. The minimum absolute atomic E-state index is 0.0648. The fourth-order valence-corrected chi connectivity index (χ4v) is 0.772. The maximum atomic E-state index is 10.5. The third-order valence-electron chi connectivity index (χ3n) is 1.24. The maximum Gasteiger partial charge on any atom is 0.224 e. The summed E-state index contributed by atoms with van der Waals surface area (Å²) in [5.74, 6) is 0.0648. The third kappa shape index (κ3) is 0.997. The van der Waals surface area contributed by atoms with Crippen molar-refractivity contribution in [3.05, 3.63) is 6.42 Å². The molecule has 0 aromatic carbocycles. The van der Waals surface area contributed by atoms with E-state index in [-0.39, 0.29) is 11.3 Å². The minimum Gasteiger partial charge on any atom is -0.355 e. The molecule has 8 heavy (non-hydrogen) atoms. The van der Waals surface area contributed by atoms with Crippen LogP contribution < -0.4 is 5.32 Å². The Balaban J connectivity index is 2.56. The summed E-state index contributed by atoms with van der Waals surface area (Å²) in [6, 6.07) is 0. The maximum absolute atomic E-state index is 10.5. The molecule has 2 nitrogen and oxygen atoms in total. The molecule has 1 rings (SSSR count). The normalized spacial score (nSPS) is 25.5. The summed E-state index contributed by atoms with van der Waals surface area (Å²) in [6.45, 7) is 4.85. The van der Waals surface area contributed by atoms with E-state index in [1.807, 2.05) is 13.8 Å². The fraction of sp³-hybridized carbons (Fsp3) is 0.667. The van der Waals surface area contributed by atoms with Crippen LogP contribution in [-0.4, -0.2) is 12.5 Å². The summed E-state index contributed by atoms with van der Waals surface area (Å²) in [5, 5.41) is 2.72. The van der Waals surface area contributed by atoms with E-state index in [4.69, 9.17) is 0 Å². The van der Waals surface area contributed by atoms with Gasteiger partial charge in [0.1, 0.15) is 0 Å². The second-order valence-corrected chi connectivity index (χ2v) is 2.85. The largest absolute Gasteiger partial charge is 0.355 e. The van der Waals surface area contributed by atoms with Gasteiger partial charge in [0, 0.05) is 6.54 Å². The lowest BCUT2D eigenvalue weighted by Crippen LogP contribution is -2.16. The van der Waals surface area contributed by atoms with Crippen LogP contribution in [-0.2, 0) is 4.79 Å². The second-order valence-electron chi connectivity index (χ2n) is 2.85. The monoisotopic (exact) mass is 112 g/mol. The van der Waals surface area contributed by atoms with Crippen molar-refractivity contribution in [1.82, 2.24) is 5.32 Å². The quantitative estimate of drug-likeness (QED) is 0.481. The first kappa shape index (κ1) is 5.60. The Kier molecular flexibility index (Phi) is 1.03. The van der Waals surface area contributed by atoms with Crippen LogP contribution in [0.3, 0.4) is 0 Å². The van der Waals surface area contributed by atoms with E-state index in [0.717, 1.165) is 6.54 Å². The molecule has 1 aliphatic heterocycles. The number of hydrogen-bond donors (Lipinski definition) is 1. The number of nitrogens with one attached hydrogen (secondary N) is 1. The molecule has 0 atom stereocenters. The van der Waals surface area contributed by atoms with Crippen LogP contribution in [0, 0.1) is 11.8 Å².